The molecule has 2 N–H and O–H groups in total. The molecule has 0 spiro atoms. The predicted molar refractivity (Wildman–Crippen MR) is 86.9 cm³/mol. The van der Waals surface area contributed by atoms with Crippen LogP contribution in [-0.2, 0) is 10.8 Å². The number of nitrogens with two attached hydrogens (primary N) is 1. The maximum Gasteiger partial charge on any atom is 0.119 e. The van der Waals surface area contributed by atoms with Gasteiger partial charge in [-0.05, 0) is 36.2 Å². The Morgan fingerprint density at radius 3 is 2.38 bits per heavy atom. The van der Waals surface area contributed by atoms with E-state index in [1.807, 2.05) is 54.6 Å². The van der Waals surface area contributed by atoms with Crippen LogP contribution in [0.5, 0.6) is 5.75 Å². The van der Waals surface area contributed by atoms with E-state index in [0.29, 0.717) is 12.4 Å². The molecule has 2 aromatic rings. The lowest BCUT2D eigenvalue weighted by atomic mass is 10.1. The van der Waals surface area contributed by atoms with Gasteiger partial charge in [-0.2, -0.15) is 0 Å². The third kappa shape index (κ3) is 4.69. The molecule has 0 fully saturated rings. The molecule has 0 bridgehead atoms. The summed E-state index contributed by atoms with van der Waals surface area (Å²) in [4.78, 5) is 0.816. The minimum Gasteiger partial charge on any atom is -0.494 e. The highest BCUT2D eigenvalue weighted by molar-refractivity contribution is 7.85. The first-order valence-corrected chi connectivity index (χ1v) is 8.44. The standard InChI is InChI=1S/C17H21NO2S/c1-2-12-20-15-10-8-14(9-11-15)17(18)13-21(19)16-6-4-3-5-7-16/h3-11,17H,2,12-13,18H2,1H3. The van der Waals surface area contributed by atoms with Crippen LogP contribution in [-0.4, -0.2) is 16.6 Å². The van der Waals surface area contributed by atoms with Gasteiger partial charge in [0.15, 0.2) is 0 Å². The van der Waals surface area contributed by atoms with E-state index < -0.39 is 10.8 Å². The second-order valence-corrected chi connectivity index (χ2v) is 6.35. The van der Waals surface area contributed by atoms with Crippen LogP contribution < -0.4 is 10.5 Å². The SMILES string of the molecule is CCCOc1ccc(C(N)CS(=O)c2ccccc2)cc1. The first-order chi connectivity index (χ1) is 10.2. The Morgan fingerprint density at radius 2 is 1.76 bits per heavy atom. The second kappa shape index (κ2) is 7.96. The zero-order chi connectivity index (χ0) is 15.1. The third-order valence-corrected chi connectivity index (χ3v) is 4.58. The molecule has 0 aliphatic carbocycles. The van der Waals surface area contributed by atoms with E-state index in [2.05, 4.69) is 6.92 Å². The summed E-state index contributed by atoms with van der Waals surface area (Å²) >= 11 is 0. The molecule has 21 heavy (non-hydrogen) atoms. The van der Waals surface area contributed by atoms with Crippen molar-refractivity contribution in [3.63, 3.8) is 0 Å². The smallest absolute Gasteiger partial charge is 0.119 e. The number of rotatable bonds is 7. The second-order valence-electron chi connectivity index (χ2n) is 4.85. The largest absolute Gasteiger partial charge is 0.494 e. The molecule has 2 rings (SSSR count). The highest BCUT2D eigenvalue weighted by Crippen LogP contribution is 2.19. The van der Waals surface area contributed by atoms with Crippen molar-refractivity contribution in [2.75, 3.05) is 12.4 Å². The molecular weight excluding hydrogens is 282 g/mol. The van der Waals surface area contributed by atoms with E-state index in [1.54, 1.807) is 0 Å². The Labute approximate surface area is 128 Å². The van der Waals surface area contributed by atoms with E-state index in [4.69, 9.17) is 10.5 Å². The van der Waals surface area contributed by atoms with E-state index in [9.17, 15) is 4.21 Å². The summed E-state index contributed by atoms with van der Waals surface area (Å²) in [5.41, 5.74) is 7.12. The van der Waals surface area contributed by atoms with E-state index in [0.717, 1.165) is 22.6 Å². The van der Waals surface area contributed by atoms with Gasteiger partial charge in [-0.25, -0.2) is 0 Å². The molecule has 2 atom stereocenters. The van der Waals surface area contributed by atoms with E-state index in [-0.39, 0.29) is 6.04 Å². The van der Waals surface area contributed by atoms with E-state index >= 15 is 0 Å². The van der Waals surface area contributed by atoms with E-state index in [1.165, 1.54) is 0 Å². The van der Waals surface area contributed by atoms with Crippen LogP contribution in [0.15, 0.2) is 59.5 Å². The molecular formula is C17H21NO2S. The molecule has 3 nitrogen and oxygen atoms in total. The Kier molecular flexibility index (Phi) is 5.96. The summed E-state index contributed by atoms with van der Waals surface area (Å²) in [5.74, 6) is 1.26. The molecule has 4 heteroatoms. The van der Waals surface area contributed by atoms with Crippen LogP contribution in [0.25, 0.3) is 0 Å². The van der Waals surface area contributed by atoms with Crippen LogP contribution in [0.2, 0.25) is 0 Å². The van der Waals surface area contributed by atoms with Gasteiger partial charge in [0.05, 0.1) is 17.4 Å². The van der Waals surface area contributed by atoms with Crippen molar-refractivity contribution in [2.45, 2.75) is 24.3 Å². The summed E-state index contributed by atoms with van der Waals surface area (Å²) in [6.45, 7) is 2.78. The zero-order valence-electron chi connectivity index (χ0n) is 12.2. The van der Waals surface area contributed by atoms with Crippen molar-refractivity contribution in [3.8, 4) is 5.75 Å². The fourth-order valence-corrected chi connectivity index (χ4v) is 3.13. The first-order valence-electron chi connectivity index (χ1n) is 7.12. The third-order valence-electron chi connectivity index (χ3n) is 3.12. The highest BCUT2D eigenvalue weighted by Gasteiger charge is 2.12. The minimum atomic E-state index is -1.08. The molecule has 2 aromatic carbocycles. The van der Waals surface area contributed by atoms with Gasteiger partial charge in [0.1, 0.15) is 5.75 Å². The molecule has 2 unspecified atom stereocenters. The Balaban J connectivity index is 1.97. The molecule has 0 aliphatic rings. The van der Waals surface area contributed by atoms with Gasteiger partial charge >= 0.3 is 0 Å². The van der Waals surface area contributed by atoms with Crippen LogP contribution in [0.3, 0.4) is 0 Å². The maximum atomic E-state index is 12.2. The molecule has 0 heterocycles. The molecule has 112 valence electrons. The van der Waals surface area contributed by atoms with Gasteiger partial charge in [-0.1, -0.05) is 37.3 Å². The highest BCUT2D eigenvalue weighted by atomic mass is 32.2. The van der Waals surface area contributed by atoms with Gasteiger partial charge < -0.3 is 10.5 Å². The molecule has 0 amide bonds. The summed E-state index contributed by atoms with van der Waals surface area (Å²) in [6, 6.07) is 16.9. The van der Waals surface area contributed by atoms with Gasteiger partial charge in [0, 0.05) is 16.7 Å². The van der Waals surface area contributed by atoms with Crippen molar-refractivity contribution in [1.29, 1.82) is 0 Å². The molecule has 0 radical (unpaired) electrons. The minimum absolute atomic E-state index is 0.244. The predicted octanol–water partition coefficient (Wildman–Crippen LogP) is 3.28. The Morgan fingerprint density at radius 1 is 1.10 bits per heavy atom. The summed E-state index contributed by atoms with van der Waals surface area (Å²) < 4.78 is 17.8. The van der Waals surface area contributed by atoms with Crippen LogP contribution in [0, 0.1) is 0 Å². The van der Waals surface area contributed by atoms with Crippen molar-refractivity contribution in [3.05, 3.63) is 60.2 Å². The van der Waals surface area contributed by atoms with Crippen molar-refractivity contribution in [1.82, 2.24) is 0 Å². The van der Waals surface area contributed by atoms with Crippen molar-refractivity contribution >= 4 is 10.8 Å². The fourth-order valence-electron chi connectivity index (χ4n) is 1.96. The summed E-state index contributed by atoms with van der Waals surface area (Å²) in [5, 5.41) is 0. The molecule has 0 aromatic heterocycles. The number of benzene rings is 2. The van der Waals surface area contributed by atoms with Crippen molar-refractivity contribution in [2.24, 2.45) is 5.73 Å². The molecule has 0 saturated carbocycles. The van der Waals surface area contributed by atoms with Gasteiger partial charge in [0.25, 0.3) is 0 Å². The lowest BCUT2D eigenvalue weighted by Gasteiger charge is -2.13. The van der Waals surface area contributed by atoms with Crippen LogP contribution in [0.1, 0.15) is 24.9 Å². The fraction of sp³-hybridized carbons (Fsp3) is 0.294. The first kappa shape index (κ1) is 15.7. The van der Waals surface area contributed by atoms with Crippen molar-refractivity contribution < 1.29 is 8.95 Å². The monoisotopic (exact) mass is 303 g/mol. The number of hydrogen-bond donors (Lipinski definition) is 1. The summed E-state index contributed by atoms with van der Waals surface area (Å²) in [7, 11) is -1.08. The Hall–Kier alpha value is -1.65. The van der Waals surface area contributed by atoms with Gasteiger partial charge in [-0.3, -0.25) is 4.21 Å². The van der Waals surface area contributed by atoms with Gasteiger partial charge in [0.2, 0.25) is 0 Å². The average Bonchev–Trinajstić information content (AvgIpc) is 2.54. The molecule has 0 aliphatic heterocycles. The lowest BCUT2D eigenvalue weighted by molar-refractivity contribution is 0.317. The van der Waals surface area contributed by atoms with Gasteiger partial charge in [-0.15, -0.1) is 0 Å². The maximum absolute atomic E-state index is 12.2. The average molecular weight is 303 g/mol. The quantitative estimate of drug-likeness (QED) is 0.854. The number of ether oxygens (including phenoxy) is 1. The Bertz CT molecular complexity index is 569. The topological polar surface area (TPSA) is 52.3 Å². The zero-order valence-corrected chi connectivity index (χ0v) is 13.0. The lowest BCUT2D eigenvalue weighted by Crippen LogP contribution is -2.18. The summed E-state index contributed by atoms with van der Waals surface area (Å²) in [6.07, 6.45) is 0.983. The van der Waals surface area contributed by atoms with Crippen LogP contribution in [0.4, 0.5) is 0 Å². The normalized spacial score (nSPS) is 13.6. The number of hydrogen-bond acceptors (Lipinski definition) is 3. The van der Waals surface area contributed by atoms with Crippen LogP contribution >= 0.6 is 0 Å². The molecule has 0 saturated heterocycles.